The molecule has 0 aromatic heterocycles. The third-order valence-electron chi connectivity index (χ3n) is 3.06. The van der Waals surface area contributed by atoms with Gasteiger partial charge < -0.3 is 15.6 Å². The van der Waals surface area contributed by atoms with Crippen LogP contribution >= 0.6 is 0 Å². The van der Waals surface area contributed by atoms with Crippen LogP contribution in [0, 0.1) is 0 Å². The van der Waals surface area contributed by atoms with E-state index >= 15 is 0 Å². The quantitative estimate of drug-likeness (QED) is 0.729. The Hall–Kier alpha value is -2.42. The van der Waals surface area contributed by atoms with Gasteiger partial charge in [0.2, 0.25) is 10.0 Å². The molecule has 0 radical (unpaired) electrons. The third-order valence-corrected chi connectivity index (χ3v) is 3.98. The molecule has 0 aliphatic heterocycles. The predicted molar refractivity (Wildman–Crippen MR) is 84.0 cm³/mol. The molecule has 0 unspecified atom stereocenters. The highest BCUT2D eigenvalue weighted by Crippen LogP contribution is 2.33. The normalized spacial score (nSPS) is 11.2. The number of carboxylic acid groups (broad SMARTS) is 1. The number of nitrogens with two attached hydrogens (primary N) is 2. The summed E-state index contributed by atoms with van der Waals surface area (Å²) >= 11 is 0. The molecular formula is C15H16N2O5S. The Morgan fingerprint density at radius 1 is 1.17 bits per heavy atom. The summed E-state index contributed by atoms with van der Waals surface area (Å²) in [7, 11) is -4.18. The van der Waals surface area contributed by atoms with Gasteiger partial charge in [-0.15, -0.1) is 0 Å². The zero-order chi connectivity index (χ0) is 17.0. The first-order valence-corrected chi connectivity index (χ1v) is 8.23. The topological polar surface area (TPSA) is 133 Å². The van der Waals surface area contributed by atoms with E-state index in [1.807, 2.05) is 0 Å². The van der Waals surface area contributed by atoms with Crippen molar-refractivity contribution >= 4 is 16.0 Å². The molecule has 8 heteroatoms. The number of rotatable bonds is 6. The summed E-state index contributed by atoms with van der Waals surface area (Å²) in [4.78, 5) is 10.8. The molecule has 0 bridgehead atoms. The van der Waals surface area contributed by atoms with Gasteiger partial charge in [-0.1, -0.05) is 18.2 Å². The summed E-state index contributed by atoms with van der Waals surface area (Å²) in [6.07, 6.45) is 0.242. The van der Waals surface area contributed by atoms with Crippen LogP contribution in [0.5, 0.6) is 11.5 Å². The van der Waals surface area contributed by atoms with Gasteiger partial charge in [0.25, 0.3) is 0 Å². The van der Waals surface area contributed by atoms with E-state index < -0.39 is 16.0 Å². The Kier molecular flexibility index (Phi) is 4.99. The fourth-order valence-corrected chi connectivity index (χ4v) is 2.78. The number of sulfonamides is 1. The van der Waals surface area contributed by atoms with Crippen LogP contribution in [0.2, 0.25) is 0 Å². The SMILES string of the molecule is NCCc1cc(C(=O)O)cc(S(N)(=O)=O)c1Oc1ccccc1. The zero-order valence-electron chi connectivity index (χ0n) is 12.1. The van der Waals surface area contributed by atoms with Crippen LogP contribution in [0.4, 0.5) is 0 Å². The van der Waals surface area contributed by atoms with E-state index in [9.17, 15) is 13.2 Å². The lowest BCUT2D eigenvalue weighted by molar-refractivity contribution is 0.0696. The lowest BCUT2D eigenvalue weighted by Gasteiger charge is -2.15. The molecule has 2 aromatic carbocycles. The largest absolute Gasteiger partial charge is 0.478 e. The Balaban J connectivity index is 2.67. The van der Waals surface area contributed by atoms with Crippen molar-refractivity contribution in [3.05, 3.63) is 53.6 Å². The van der Waals surface area contributed by atoms with Crippen molar-refractivity contribution in [1.29, 1.82) is 0 Å². The fourth-order valence-electron chi connectivity index (χ4n) is 2.06. The van der Waals surface area contributed by atoms with E-state index in [0.29, 0.717) is 11.3 Å². The van der Waals surface area contributed by atoms with Crippen LogP contribution in [0.15, 0.2) is 47.4 Å². The second-order valence-electron chi connectivity index (χ2n) is 4.77. The van der Waals surface area contributed by atoms with Gasteiger partial charge in [0.1, 0.15) is 10.6 Å². The minimum atomic E-state index is -4.18. The van der Waals surface area contributed by atoms with E-state index in [2.05, 4.69) is 0 Å². The molecule has 0 aliphatic rings. The lowest BCUT2D eigenvalue weighted by atomic mass is 10.1. The van der Waals surface area contributed by atoms with E-state index in [0.717, 1.165) is 6.07 Å². The molecular weight excluding hydrogens is 320 g/mol. The highest BCUT2D eigenvalue weighted by Gasteiger charge is 2.23. The van der Waals surface area contributed by atoms with Crippen molar-refractivity contribution in [2.45, 2.75) is 11.3 Å². The van der Waals surface area contributed by atoms with Crippen LogP contribution in [0.3, 0.4) is 0 Å². The molecule has 0 aliphatic carbocycles. The van der Waals surface area contributed by atoms with Crippen molar-refractivity contribution in [2.75, 3.05) is 6.54 Å². The molecule has 0 fully saturated rings. The Bertz CT molecular complexity index is 819. The van der Waals surface area contributed by atoms with Gasteiger partial charge in [-0.25, -0.2) is 18.4 Å². The molecule has 2 rings (SSSR count). The van der Waals surface area contributed by atoms with Crippen LogP contribution < -0.4 is 15.6 Å². The van der Waals surface area contributed by atoms with Crippen LogP contribution in [0.25, 0.3) is 0 Å². The van der Waals surface area contributed by atoms with E-state index in [-0.39, 0.29) is 29.2 Å². The number of hydrogen-bond donors (Lipinski definition) is 3. The Labute approximate surface area is 133 Å². The predicted octanol–water partition coefficient (Wildman–Crippen LogP) is 1.33. The summed E-state index contributed by atoms with van der Waals surface area (Å²) in [6, 6.07) is 10.8. The Morgan fingerprint density at radius 3 is 2.35 bits per heavy atom. The summed E-state index contributed by atoms with van der Waals surface area (Å²) in [5.74, 6) is -0.868. The maximum atomic E-state index is 11.8. The molecule has 0 spiro atoms. The second kappa shape index (κ2) is 6.78. The number of benzene rings is 2. The fraction of sp³-hybridized carbons (Fsp3) is 0.133. The number of ether oxygens (including phenoxy) is 1. The molecule has 0 saturated carbocycles. The molecule has 23 heavy (non-hydrogen) atoms. The van der Waals surface area contributed by atoms with E-state index in [1.165, 1.54) is 6.07 Å². The monoisotopic (exact) mass is 336 g/mol. The lowest BCUT2D eigenvalue weighted by Crippen LogP contribution is -2.16. The maximum absolute atomic E-state index is 11.8. The molecule has 7 nitrogen and oxygen atoms in total. The van der Waals surface area contributed by atoms with Gasteiger partial charge in [-0.05, 0) is 42.8 Å². The number of aromatic carboxylic acids is 1. The van der Waals surface area contributed by atoms with Gasteiger partial charge >= 0.3 is 5.97 Å². The zero-order valence-corrected chi connectivity index (χ0v) is 12.9. The molecule has 0 amide bonds. The summed E-state index contributed by atoms with van der Waals surface area (Å²) < 4.78 is 29.3. The molecule has 0 atom stereocenters. The molecule has 5 N–H and O–H groups in total. The van der Waals surface area contributed by atoms with Gasteiger partial charge in [-0.3, -0.25) is 0 Å². The minimum Gasteiger partial charge on any atom is -0.478 e. The molecule has 2 aromatic rings. The number of primary sulfonamides is 1. The third kappa shape index (κ3) is 4.07. The van der Waals surface area contributed by atoms with Crippen LogP contribution in [-0.4, -0.2) is 26.0 Å². The summed E-state index contributed by atoms with van der Waals surface area (Å²) in [5, 5.41) is 14.4. The van der Waals surface area contributed by atoms with Gasteiger partial charge in [0, 0.05) is 0 Å². The number of carboxylic acids is 1. The van der Waals surface area contributed by atoms with E-state index in [4.69, 9.17) is 20.7 Å². The van der Waals surface area contributed by atoms with E-state index in [1.54, 1.807) is 30.3 Å². The molecule has 0 saturated heterocycles. The number of hydrogen-bond acceptors (Lipinski definition) is 5. The average molecular weight is 336 g/mol. The molecule has 0 heterocycles. The summed E-state index contributed by atoms with van der Waals surface area (Å²) in [6.45, 7) is 0.193. The highest BCUT2D eigenvalue weighted by molar-refractivity contribution is 7.89. The average Bonchev–Trinajstić information content (AvgIpc) is 2.48. The smallest absolute Gasteiger partial charge is 0.335 e. The van der Waals surface area contributed by atoms with Crippen molar-refractivity contribution in [3.63, 3.8) is 0 Å². The van der Waals surface area contributed by atoms with Crippen molar-refractivity contribution in [2.24, 2.45) is 10.9 Å². The first-order chi connectivity index (χ1) is 10.8. The maximum Gasteiger partial charge on any atom is 0.335 e. The van der Waals surface area contributed by atoms with Crippen LogP contribution in [-0.2, 0) is 16.4 Å². The van der Waals surface area contributed by atoms with Crippen molar-refractivity contribution in [1.82, 2.24) is 0 Å². The molecule has 122 valence electrons. The van der Waals surface area contributed by atoms with Crippen molar-refractivity contribution < 1.29 is 23.1 Å². The number of carbonyl (C=O) groups is 1. The second-order valence-corrected chi connectivity index (χ2v) is 6.30. The standard InChI is InChI=1S/C15H16N2O5S/c16-7-6-10-8-11(15(18)19)9-13(23(17,20)21)14(10)22-12-4-2-1-3-5-12/h1-5,8-9H,6-7,16H2,(H,18,19)(H2,17,20,21). The van der Waals surface area contributed by atoms with Gasteiger partial charge in [-0.2, -0.15) is 0 Å². The first-order valence-electron chi connectivity index (χ1n) is 6.69. The minimum absolute atomic E-state index is 0.00542. The number of para-hydroxylation sites is 1. The Morgan fingerprint density at radius 2 is 1.83 bits per heavy atom. The first kappa shape index (κ1) is 16.9. The summed E-state index contributed by atoms with van der Waals surface area (Å²) in [5.41, 5.74) is 5.69. The highest BCUT2D eigenvalue weighted by atomic mass is 32.2. The van der Waals surface area contributed by atoms with Gasteiger partial charge in [0.05, 0.1) is 5.56 Å². The van der Waals surface area contributed by atoms with Gasteiger partial charge in [0.15, 0.2) is 5.75 Å². The van der Waals surface area contributed by atoms with Crippen molar-refractivity contribution in [3.8, 4) is 11.5 Å². The van der Waals surface area contributed by atoms with Crippen LogP contribution in [0.1, 0.15) is 15.9 Å².